The van der Waals surface area contributed by atoms with Crippen LogP contribution in [0.1, 0.15) is 38.7 Å². The summed E-state index contributed by atoms with van der Waals surface area (Å²) in [5.74, 6) is 1.42. The third kappa shape index (κ3) is 4.77. The summed E-state index contributed by atoms with van der Waals surface area (Å²) in [6.45, 7) is 5.72. The van der Waals surface area contributed by atoms with Crippen LogP contribution in [0.2, 0.25) is 0 Å². The van der Waals surface area contributed by atoms with Crippen LogP contribution in [-0.4, -0.2) is 35.3 Å². The molecule has 0 fully saturated rings. The predicted octanol–water partition coefficient (Wildman–Crippen LogP) is 3.35. The molecule has 26 heavy (non-hydrogen) atoms. The Morgan fingerprint density at radius 1 is 1.27 bits per heavy atom. The lowest BCUT2D eigenvalue weighted by Gasteiger charge is -2.25. The summed E-state index contributed by atoms with van der Waals surface area (Å²) in [4.78, 5) is 16.1. The smallest absolute Gasteiger partial charge is 0.305 e. The molecule has 0 atom stereocenters. The Morgan fingerprint density at radius 2 is 2.08 bits per heavy atom. The van der Waals surface area contributed by atoms with Crippen molar-refractivity contribution in [2.45, 2.75) is 45.1 Å². The van der Waals surface area contributed by atoms with Crippen molar-refractivity contribution in [3.8, 4) is 11.5 Å². The van der Waals surface area contributed by atoms with Crippen LogP contribution in [-0.2, 0) is 21.5 Å². The molecule has 0 bridgehead atoms. The Hall–Kier alpha value is -2.50. The van der Waals surface area contributed by atoms with Gasteiger partial charge in [-0.3, -0.25) is 4.79 Å². The average Bonchev–Trinajstić information content (AvgIpc) is 3.08. The minimum absolute atomic E-state index is 0.174. The Kier molecular flexibility index (Phi) is 5.81. The van der Waals surface area contributed by atoms with Gasteiger partial charge in [-0.1, -0.05) is 6.07 Å². The van der Waals surface area contributed by atoms with E-state index in [4.69, 9.17) is 14.2 Å². The molecule has 6 nitrogen and oxygen atoms in total. The molecule has 0 radical (unpaired) electrons. The molecule has 0 amide bonds. The molecule has 6 heteroatoms. The fraction of sp³-hybridized carbons (Fsp3) is 0.500. The minimum atomic E-state index is -0.305. The van der Waals surface area contributed by atoms with Gasteiger partial charge < -0.3 is 18.8 Å². The van der Waals surface area contributed by atoms with E-state index in [0.29, 0.717) is 26.2 Å². The van der Waals surface area contributed by atoms with Crippen molar-refractivity contribution >= 4 is 5.97 Å². The van der Waals surface area contributed by atoms with Crippen molar-refractivity contribution in [3.63, 3.8) is 0 Å². The third-order valence-corrected chi connectivity index (χ3v) is 4.45. The SMILES string of the molecule is CC(C)(COC(=O)CCCc1ccc2c(c1)OCCCO2)n1ccnc1. The third-order valence-electron chi connectivity index (χ3n) is 4.45. The Labute approximate surface area is 154 Å². The van der Waals surface area contributed by atoms with Gasteiger partial charge in [0.05, 0.1) is 25.1 Å². The van der Waals surface area contributed by atoms with Gasteiger partial charge in [0.1, 0.15) is 6.61 Å². The molecule has 140 valence electrons. The first-order chi connectivity index (χ1) is 12.5. The van der Waals surface area contributed by atoms with Gasteiger partial charge in [0.15, 0.2) is 11.5 Å². The Morgan fingerprint density at radius 3 is 2.85 bits per heavy atom. The van der Waals surface area contributed by atoms with E-state index in [1.165, 1.54) is 0 Å². The molecule has 1 aromatic heterocycles. The molecular formula is C20H26N2O4. The number of aromatic nitrogens is 2. The summed E-state index contributed by atoms with van der Waals surface area (Å²) in [6, 6.07) is 5.98. The number of benzene rings is 1. The number of ether oxygens (including phenoxy) is 3. The van der Waals surface area contributed by atoms with Crippen LogP contribution in [0, 0.1) is 0 Å². The highest BCUT2D eigenvalue weighted by molar-refractivity contribution is 5.69. The van der Waals surface area contributed by atoms with Crippen molar-refractivity contribution < 1.29 is 19.0 Å². The van der Waals surface area contributed by atoms with E-state index in [1.54, 1.807) is 12.5 Å². The maximum absolute atomic E-state index is 12.0. The van der Waals surface area contributed by atoms with Crippen LogP contribution >= 0.6 is 0 Å². The highest BCUT2D eigenvalue weighted by atomic mass is 16.5. The lowest BCUT2D eigenvalue weighted by Crippen LogP contribution is -2.32. The molecule has 0 unspecified atom stereocenters. The summed E-state index contributed by atoms with van der Waals surface area (Å²) in [6.07, 6.45) is 8.16. The molecule has 2 aromatic rings. The highest BCUT2D eigenvalue weighted by Crippen LogP contribution is 2.30. The summed E-state index contributed by atoms with van der Waals surface area (Å²) in [5.41, 5.74) is 0.835. The second-order valence-electron chi connectivity index (χ2n) is 7.13. The lowest BCUT2D eigenvalue weighted by molar-refractivity contribution is -0.146. The zero-order valence-corrected chi connectivity index (χ0v) is 15.4. The van der Waals surface area contributed by atoms with Gasteiger partial charge in [0.2, 0.25) is 0 Å². The number of hydrogen-bond acceptors (Lipinski definition) is 5. The molecule has 1 aliphatic rings. The fourth-order valence-electron chi connectivity index (χ4n) is 2.82. The van der Waals surface area contributed by atoms with Crippen molar-refractivity contribution in [1.82, 2.24) is 9.55 Å². The summed E-state index contributed by atoms with van der Waals surface area (Å²) in [7, 11) is 0. The molecule has 1 aliphatic heterocycles. The molecule has 0 aliphatic carbocycles. The number of nitrogens with zero attached hydrogens (tertiary/aromatic N) is 2. The molecule has 0 spiro atoms. The van der Waals surface area contributed by atoms with E-state index in [2.05, 4.69) is 4.98 Å². The summed E-state index contributed by atoms with van der Waals surface area (Å²) < 4.78 is 18.7. The molecule has 3 rings (SSSR count). The molecule has 0 saturated carbocycles. The molecule has 0 N–H and O–H groups in total. The largest absolute Gasteiger partial charge is 0.490 e. The van der Waals surface area contributed by atoms with Crippen LogP contribution in [0.25, 0.3) is 0 Å². The number of aryl methyl sites for hydroxylation is 1. The van der Waals surface area contributed by atoms with E-state index in [0.717, 1.165) is 36.3 Å². The van der Waals surface area contributed by atoms with E-state index in [9.17, 15) is 4.79 Å². The van der Waals surface area contributed by atoms with E-state index < -0.39 is 0 Å². The number of rotatable bonds is 7. The topological polar surface area (TPSA) is 62.6 Å². The van der Waals surface area contributed by atoms with Gasteiger partial charge >= 0.3 is 5.97 Å². The monoisotopic (exact) mass is 358 g/mol. The van der Waals surface area contributed by atoms with Gasteiger partial charge in [-0.2, -0.15) is 0 Å². The number of hydrogen-bond donors (Lipinski definition) is 0. The number of carbonyl (C=O) groups excluding carboxylic acids is 1. The Bertz CT molecular complexity index is 725. The summed E-state index contributed by atoms with van der Waals surface area (Å²) in [5, 5.41) is 0. The van der Waals surface area contributed by atoms with Crippen LogP contribution < -0.4 is 9.47 Å². The van der Waals surface area contributed by atoms with Crippen LogP contribution in [0.4, 0.5) is 0 Å². The minimum Gasteiger partial charge on any atom is -0.490 e. The molecule has 1 aromatic carbocycles. The van der Waals surface area contributed by atoms with Gasteiger partial charge in [-0.25, -0.2) is 4.98 Å². The second-order valence-corrected chi connectivity index (χ2v) is 7.13. The first-order valence-electron chi connectivity index (χ1n) is 9.07. The highest BCUT2D eigenvalue weighted by Gasteiger charge is 2.21. The first-order valence-corrected chi connectivity index (χ1v) is 9.07. The predicted molar refractivity (Wildman–Crippen MR) is 97.5 cm³/mol. The van der Waals surface area contributed by atoms with Gasteiger partial charge in [0, 0.05) is 25.2 Å². The quantitative estimate of drug-likeness (QED) is 0.710. The van der Waals surface area contributed by atoms with Crippen molar-refractivity contribution in [2.75, 3.05) is 19.8 Å². The number of fused-ring (bicyclic) bond motifs is 1. The van der Waals surface area contributed by atoms with Crippen LogP contribution in [0.3, 0.4) is 0 Å². The maximum atomic E-state index is 12.0. The zero-order valence-electron chi connectivity index (χ0n) is 15.4. The number of esters is 1. The van der Waals surface area contributed by atoms with Gasteiger partial charge in [-0.15, -0.1) is 0 Å². The van der Waals surface area contributed by atoms with Gasteiger partial charge in [-0.05, 0) is 44.4 Å². The number of imidazole rings is 1. The van der Waals surface area contributed by atoms with E-state index in [-0.39, 0.29) is 11.5 Å². The van der Waals surface area contributed by atoms with Crippen molar-refractivity contribution in [1.29, 1.82) is 0 Å². The van der Waals surface area contributed by atoms with Gasteiger partial charge in [0.25, 0.3) is 0 Å². The van der Waals surface area contributed by atoms with Crippen LogP contribution in [0.15, 0.2) is 36.9 Å². The lowest BCUT2D eigenvalue weighted by atomic mass is 10.1. The second kappa shape index (κ2) is 8.25. The fourth-order valence-corrected chi connectivity index (χ4v) is 2.82. The van der Waals surface area contributed by atoms with Crippen LogP contribution in [0.5, 0.6) is 11.5 Å². The summed E-state index contributed by atoms with van der Waals surface area (Å²) >= 11 is 0. The van der Waals surface area contributed by atoms with Crippen molar-refractivity contribution in [3.05, 3.63) is 42.5 Å². The van der Waals surface area contributed by atoms with Crippen molar-refractivity contribution in [2.24, 2.45) is 0 Å². The molecule has 2 heterocycles. The maximum Gasteiger partial charge on any atom is 0.305 e. The van der Waals surface area contributed by atoms with E-state index >= 15 is 0 Å². The first kappa shape index (κ1) is 18.3. The van der Waals surface area contributed by atoms with E-state index in [1.807, 2.05) is 42.8 Å². The zero-order chi connectivity index (χ0) is 18.4. The standard InChI is InChI=1S/C20H26N2O4/c1-20(2,22-10-9-21-15-22)14-26-19(23)6-3-5-16-7-8-17-18(13-16)25-12-4-11-24-17/h7-10,13,15H,3-6,11-12,14H2,1-2H3. The number of carbonyl (C=O) groups is 1. The average molecular weight is 358 g/mol. The Balaban J connectivity index is 1.43. The molecule has 0 saturated heterocycles. The normalized spacial score (nSPS) is 13.9. The molecular weight excluding hydrogens is 332 g/mol.